The van der Waals surface area contributed by atoms with E-state index in [0.29, 0.717) is 19.6 Å². The second-order valence-corrected chi connectivity index (χ2v) is 6.67. The van der Waals surface area contributed by atoms with Crippen molar-refractivity contribution < 1.29 is 19.1 Å². The molecule has 0 aliphatic rings. The molecule has 0 saturated carbocycles. The Morgan fingerprint density at radius 2 is 1.65 bits per heavy atom. The summed E-state index contributed by atoms with van der Waals surface area (Å²) >= 11 is 0. The van der Waals surface area contributed by atoms with E-state index < -0.39 is 0 Å². The maximum absolute atomic E-state index is 12.3. The van der Waals surface area contributed by atoms with Crippen LogP contribution in [0.5, 0.6) is 0 Å². The number of rotatable bonds is 10. The second-order valence-electron chi connectivity index (χ2n) is 6.67. The van der Waals surface area contributed by atoms with Crippen LogP contribution in [0.1, 0.15) is 60.8 Å². The molecule has 0 heterocycles. The summed E-state index contributed by atoms with van der Waals surface area (Å²) in [6, 6.07) is -0.0363. The first kappa shape index (κ1) is 21.7. The topological polar surface area (TPSA) is 55.8 Å². The van der Waals surface area contributed by atoms with E-state index in [-0.39, 0.29) is 35.9 Å². The summed E-state index contributed by atoms with van der Waals surface area (Å²) in [5.74, 6) is 0.0206. The minimum absolute atomic E-state index is 0.0363. The Labute approximate surface area is 141 Å². The number of nitrogens with zero attached hydrogens (tertiary/aromatic N) is 1. The number of carbonyl (C=O) groups is 2. The number of hydrogen-bond acceptors (Lipinski definition) is 4. The van der Waals surface area contributed by atoms with Crippen LogP contribution in [0.15, 0.2) is 0 Å². The van der Waals surface area contributed by atoms with Crippen molar-refractivity contribution in [1.29, 1.82) is 0 Å². The van der Waals surface area contributed by atoms with Crippen LogP contribution in [-0.4, -0.2) is 43.3 Å². The van der Waals surface area contributed by atoms with E-state index >= 15 is 0 Å². The fraction of sp³-hybridized carbons (Fsp3) is 0.889. The molecule has 0 aromatic rings. The third-order valence-electron chi connectivity index (χ3n) is 4.22. The van der Waals surface area contributed by atoms with Gasteiger partial charge in [-0.3, -0.25) is 4.79 Å². The molecule has 0 spiro atoms. The third kappa shape index (κ3) is 7.23. The van der Waals surface area contributed by atoms with Gasteiger partial charge in [0.25, 0.3) is 0 Å². The van der Waals surface area contributed by atoms with Gasteiger partial charge in [-0.15, -0.1) is 0 Å². The highest BCUT2D eigenvalue weighted by Gasteiger charge is 2.33. The van der Waals surface area contributed by atoms with Crippen molar-refractivity contribution in [1.82, 2.24) is 4.90 Å². The molecule has 2 atom stereocenters. The lowest BCUT2D eigenvalue weighted by atomic mass is 9.85. The van der Waals surface area contributed by atoms with Gasteiger partial charge in [-0.25, -0.2) is 4.79 Å². The molecular weight excluding hydrogens is 294 g/mol. The van der Waals surface area contributed by atoms with Crippen LogP contribution in [-0.2, 0) is 14.3 Å². The molecule has 0 bridgehead atoms. The quantitative estimate of drug-likeness (QED) is 0.566. The number of unbranched alkanes of at least 4 members (excludes halogenated alkanes) is 1. The van der Waals surface area contributed by atoms with Gasteiger partial charge in [-0.2, -0.15) is 0 Å². The van der Waals surface area contributed by atoms with Crippen LogP contribution < -0.4 is 0 Å². The number of hydrogen-bond donors (Lipinski definition) is 0. The van der Waals surface area contributed by atoms with Crippen molar-refractivity contribution in [2.45, 2.75) is 66.8 Å². The molecule has 0 aliphatic heterocycles. The monoisotopic (exact) mass is 329 g/mol. The van der Waals surface area contributed by atoms with Crippen LogP contribution in [0.4, 0.5) is 4.79 Å². The Morgan fingerprint density at radius 1 is 1.04 bits per heavy atom. The lowest BCUT2D eigenvalue weighted by molar-refractivity contribution is -0.150. The first-order chi connectivity index (χ1) is 10.8. The summed E-state index contributed by atoms with van der Waals surface area (Å²) in [4.78, 5) is 26.2. The SMILES string of the molecule is CCCCN(C(=O)OC)C(CC(C(=O)OCC)C(C)C)C(C)C. The number of esters is 1. The zero-order valence-electron chi connectivity index (χ0n) is 15.9. The molecule has 0 rings (SSSR count). The molecule has 0 N–H and O–H groups in total. The van der Waals surface area contributed by atoms with Gasteiger partial charge in [0.2, 0.25) is 0 Å². The molecule has 136 valence electrons. The summed E-state index contributed by atoms with van der Waals surface area (Å²) in [5.41, 5.74) is 0. The molecule has 5 nitrogen and oxygen atoms in total. The van der Waals surface area contributed by atoms with Crippen LogP contribution in [0.3, 0.4) is 0 Å². The lowest BCUT2D eigenvalue weighted by Gasteiger charge is -2.36. The van der Waals surface area contributed by atoms with E-state index in [1.54, 1.807) is 4.90 Å². The Balaban J connectivity index is 5.30. The minimum atomic E-state index is -0.316. The van der Waals surface area contributed by atoms with Gasteiger partial charge in [0.15, 0.2) is 0 Å². The van der Waals surface area contributed by atoms with Crippen molar-refractivity contribution in [3.8, 4) is 0 Å². The van der Waals surface area contributed by atoms with Crippen molar-refractivity contribution in [2.75, 3.05) is 20.3 Å². The molecule has 1 amide bonds. The molecule has 0 saturated heterocycles. The molecule has 0 aromatic carbocycles. The highest BCUT2D eigenvalue weighted by molar-refractivity contribution is 5.73. The molecule has 5 heteroatoms. The number of carbonyl (C=O) groups excluding carboxylic acids is 2. The predicted molar refractivity (Wildman–Crippen MR) is 92.2 cm³/mol. The van der Waals surface area contributed by atoms with Crippen molar-refractivity contribution in [3.05, 3.63) is 0 Å². The zero-order chi connectivity index (χ0) is 18.0. The smallest absolute Gasteiger partial charge is 0.409 e. The van der Waals surface area contributed by atoms with Crippen LogP contribution in [0.2, 0.25) is 0 Å². The molecule has 23 heavy (non-hydrogen) atoms. The van der Waals surface area contributed by atoms with Gasteiger partial charge in [0.1, 0.15) is 0 Å². The van der Waals surface area contributed by atoms with E-state index in [4.69, 9.17) is 9.47 Å². The first-order valence-electron chi connectivity index (χ1n) is 8.81. The van der Waals surface area contributed by atoms with E-state index in [0.717, 1.165) is 12.8 Å². The summed E-state index contributed by atoms with van der Waals surface area (Å²) in [5, 5.41) is 0. The maximum Gasteiger partial charge on any atom is 0.409 e. The fourth-order valence-electron chi connectivity index (χ4n) is 2.75. The summed E-state index contributed by atoms with van der Waals surface area (Å²) in [7, 11) is 1.41. The highest BCUT2D eigenvalue weighted by atomic mass is 16.5. The largest absolute Gasteiger partial charge is 0.466 e. The molecule has 2 unspecified atom stereocenters. The number of ether oxygens (including phenoxy) is 2. The normalized spacial score (nSPS) is 13.8. The maximum atomic E-state index is 12.3. The molecular formula is C18H35NO4. The Bertz CT molecular complexity index is 355. The van der Waals surface area contributed by atoms with Gasteiger partial charge in [0.05, 0.1) is 19.6 Å². The van der Waals surface area contributed by atoms with E-state index in [9.17, 15) is 9.59 Å². The first-order valence-corrected chi connectivity index (χ1v) is 8.81. The summed E-state index contributed by atoms with van der Waals surface area (Å²) in [6.07, 6.45) is 2.21. The van der Waals surface area contributed by atoms with E-state index in [2.05, 4.69) is 20.8 Å². The third-order valence-corrected chi connectivity index (χ3v) is 4.22. The number of amides is 1. The number of methoxy groups -OCH3 is 1. The Morgan fingerprint density at radius 3 is 2.04 bits per heavy atom. The summed E-state index contributed by atoms with van der Waals surface area (Å²) in [6.45, 7) is 13.1. The molecule has 0 fully saturated rings. The van der Waals surface area contributed by atoms with E-state index in [1.807, 2.05) is 20.8 Å². The fourth-order valence-corrected chi connectivity index (χ4v) is 2.75. The van der Waals surface area contributed by atoms with Crippen LogP contribution >= 0.6 is 0 Å². The van der Waals surface area contributed by atoms with Gasteiger partial charge in [-0.05, 0) is 31.6 Å². The lowest BCUT2D eigenvalue weighted by Crippen LogP contribution is -2.46. The second kappa shape index (κ2) is 11.3. The predicted octanol–water partition coefficient (Wildman–Crippen LogP) is 4.10. The minimum Gasteiger partial charge on any atom is -0.466 e. The summed E-state index contributed by atoms with van der Waals surface area (Å²) < 4.78 is 10.2. The van der Waals surface area contributed by atoms with Gasteiger partial charge in [-0.1, -0.05) is 41.0 Å². The van der Waals surface area contributed by atoms with Crippen molar-refractivity contribution >= 4 is 12.1 Å². The molecule has 0 aromatic heterocycles. The highest BCUT2D eigenvalue weighted by Crippen LogP contribution is 2.26. The average molecular weight is 329 g/mol. The Hall–Kier alpha value is -1.26. The Kier molecular flexibility index (Phi) is 10.7. The van der Waals surface area contributed by atoms with Crippen molar-refractivity contribution in [2.24, 2.45) is 17.8 Å². The zero-order valence-corrected chi connectivity index (χ0v) is 15.9. The van der Waals surface area contributed by atoms with E-state index in [1.165, 1.54) is 7.11 Å². The van der Waals surface area contributed by atoms with Crippen LogP contribution in [0, 0.1) is 17.8 Å². The standard InChI is InChI=1S/C18H35NO4/c1-8-10-11-19(18(21)22-7)16(14(5)6)12-15(13(3)4)17(20)23-9-2/h13-16H,8-12H2,1-7H3. The molecule has 0 aliphatic carbocycles. The van der Waals surface area contributed by atoms with Crippen LogP contribution in [0.25, 0.3) is 0 Å². The van der Waals surface area contributed by atoms with Gasteiger partial charge >= 0.3 is 12.1 Å². The average Bonchev–Trinajstić information content (AvgIpc) is 2.49. The molecule has 0 radical (unpaired) electrons. The van der Waals surface area contributed by atoms with Gasteiger partial charge < -0.3 is 14.4 Å². The van der Waals surface area contributed by atoms with Gasteiger partial charge in [0, 0.05) is 12.6 Å². The van der Waals surface area contributed by atoms with Crippen molar-refractivity contribution in [3.63, 3.8) is 0 Å².